The summed E-state index contributed by atoms with van der Waals surface area (Å²) in [5.74, 6) is -15.3. The van der Waals surface area contributed by atoms with Crippen molar-refractivity contribution in [3.05, 3.63) is 40.7 Å². The van der Waals surface area contributed by atoms with Gasteiger partial charge in [-0.1, -0.05) is 0 Å². The highest BCUT2D eigenvalue weighted by Gasteiger charge is 2.38. The van der Waals surface area contributed by atoms with Crippen LogP contribution >= 0.6 is 21.4 Å². The van der Waals surface area contributed by atoms with E-state index in [2.05, 4.69) is 0 Å². The summed E-state index contributed by atoms with van der Waals surface area (Å²) in [6.07, 6.45) is 0. The maximum atomic E-state index is 13.8. The van der Waals surface area contributed by atoms with Gasteiger partial charge in [-0.3, -0.25) is 0 Å². The largest absolute Gasteiger partial charge is 0.270 e. The molecule has 0 aromatic heterocycles. The SMILES string of the molecule is Fc1c(F)c(F)c2c(F)c([S+](Cl)Cl)c(F)c(F)c2c1F. The normalized spacial score (nSPS) is 11.7. The van der Waals surface area contributed by atoms with Crippen LogP contribution in [-0.2, 0) is 9.32 Å². The Kier molecular flexibility index (Phi) is 4.01. The highest BCUT2D eigenvalue weighted by Crippen LogP contribution is 2.38. The molecule has 2 rings (SSSR count). The summed E-state index contributed by atoms with van der Waals surface area (Å²) in [6.45, 7) is 0. The van der Waals surface area contributed by atoms with E-state index in [4.69, 9.17) is 21.4 Å². The Labute approximate surface area is 118 Å². The summed E-state index contributed by atoms with van der Waals surface area (Å²) in [5.41, 5.74) is 0. The first-order valence-corrected chi connectivity index (χ1v) is 7.46. The topological polar surface area (TPSA) is 0 Å². The fraction of sp³-hybridized carbons (Fsp3) is 0. The fourth-order valence-corrected chi connectivity index (χ4v) is 2.87. The van der Waals surface area contributed by atoms with Gasteiger partial charge < -0.3 is 0 Å². The van der Waals surface area contributed by atoms with E-state index in [1.54, 1.807) is 0 Å². The Morgan fingerprint density at radius 1 is 0.500 bits per heavy atom. The van der Waals surface area contributed by atoms with E-state index in [1.807, 2.05) is 0 Å². The molecule has 0 fully saturated rings. The van der Waals surface area contributed by atoms with Gasteiger partial charge in [0.25, 0.3) is 14.2 Å². The van der Waals surface area contributed by atoms with Gasteiger partial charge in [-0.05, 0) is 0 Å². The van der Waals surface area contributed by atoms with Crippen LogP contribution in [0.3, 0.4) is 0 Å². The molecule has 0 amide bonds. The first-order chi connectivity index (χ1) is 9.20. The van der Waals surface area contributed by atoms with Gasteiger partial charge >= 0.3 is 0 Å². The van der Waals surface area contributed by atoms with Crippen LogP contribution in [0.1, 0.15) is 0 Å². The van der Waals surface area contributed by atoms with Gasteiger partial charge in [-0.15, -0.1) is 0 Å². The molecule has 0 aliphatic carbocycles. The highest BCUT2D eigenvalue weighted by atomic mass is 36.0. The molecule has 0 atom stereocenters. The van der Waals surface area contributed by atoms with Gasteiger partial charge in [0.05, 0.1) is 10.8 Å². The Hall–Kier alpha value is -0.860. The van der Waals surface area contributed by atoms with Gasteiger partial charge in [0.1, 0.15) is 0 Å². The lowest BCUT2D eigenvalue weighted by Crippen LogP contribution is -2.07. The zero-order valence-electron chi connectivity index (χ0n) is 8.81. The zero-order valence-corrected chi connectivity index (χ0v) is 11.1. The van der Waals surface area contributed by atoms with Crippen molar-refractivity contribution in [3.8, 4) is 0 Å². The standard InChI is InChI=1S/C10Cl2F7S/c11-20(12)10-6(16)2-1(5(15)9(10)19)3(13)7(17)8(18)4(2)14/q+1. The Bertz CT molecular complexity index is 732. The van der Waals surface area contributed by atoms with Crippen LogP contribution in [0.4, 0.5) is 30.7 Å². The second-order valence-electron chi connectivity index (χ2n) is 3.49. The molecular weight excluding hydrogens is 356 g/mol. The van der Waals surface area contributed by atoms with Crippen molar-refractivity contribution >= 4 is 41.5 Å². The second-order valence-corrected chi connectivity index (χ2v) is 6.65. The fourth-order valence-electron chi connectivity index (χ4n) is 1.60. The Morgan fingerprint density at radius 3 is 1.25 bits per heavy atom. The molecule has 0 aliphatic rings. The quantitative estimate of drug-likeness (QED) is 0.289. The number of benzene rings is 2. The van der Waals surface area contributed by atoms with E-state index >= 15 is 0 Å². The Morgan fingerprint density at radius 2 is 0.850 bits per heavy atom. The molecule has 0 heterocycles. The van der Waals surface area contributed by atoms with E-state index in [-0.39, 0.29) is 0 Å². The van der Waals surface area contributed by atoms with Gasteiger partial charge in [-0.25, -0.2) is 26.3 Å². The van der Waals surface area contributed by atoms with E-state index in [0.717, 1.165) is 0 Å². The third-order valence-electron chi connectivity index (χ3n) is 2.45. The maximum Gasteiger partial charge on any atom is 0.270 e. The molecule has 2 aromatic carbocycles. The van der Waals surface area contributed by atoms with Crippen molar-refractivity contribution in [2.75, 3.05) is 0 Å². The van der Waals surface area contributed by atoms with Gasteiger partial charge in [0.2, 0.25) is 27.2 Å². The lowest BCUT2D eigenvalue weighted by molar-refractivity contribution is 0.409. The average Bonchev–Trinajstić information content (AvgIpc) is 2.37. The molecule has 10 heteroatoms. The second kappa shape index (κ2) is 5.16. The van der Waals surface area contributed by atoms with Crippen molar-refractivity contribution in [2.24, 2.45) is 0 Å². The number of fused-ring (bicyclic) bond motifs is 1. The van der Waals surface area contributed by atoms with Gasteiger partial charge in [0, 0.05) is 0 Å². The molecule has 0 saturated heterocycles. The van der Waals surface area contributed by atoms with Crippen molar-refractivity contribution < 1.29 is 30.7 Å². The summed E-state index contributed by atoms with van der Waals surface area (Å²) < 4.78 is 93.8. The molecule has 20 heavy (non-hydrogen) atoms. The molecular formula is C10Cl2F7S+. The smallest absolute Gasteiger partial charge is 0.203 e. The van der Waals surface area contributed by atoms with Crippen LogP contribution < -0.4 is 0 Å². The molecule has 0 nitrogen and oxygen atoms in total. The van der Waals surface area contributed by atoms with Crippen molar-refractivity contribution in [3.63, 3.8) is 0 Å². The predicted molar refractivity (Wildman–Crippen MR) is 61.0 cm³/mol. The number of halogens is 9. The molecule has 0 unspecified atom stereocenters. The molecule has 0 aliphatic heterocycles. The van der Waals surface area contributed by atoms with E-state index in [1.165, 1.54) is 0 Å². The summed E-state index contributed by atoms with van der Waals surface area (Å²) in [7, 11) is 8.18. The maximum absolute atomic E-state index is 13.8. The minimum absolute atomic E-state index is 1.30. The summed E-state index contributed by atoms with van der Waals surface area (Å²) in [5, 5.41) is -3.30. The molecule has 2 aromatic rings. The summed E-state index contributed by atoms with van der Waals surface area (Å²) in [4.78, 5) is -1.30. The van der Waals surface area contributed by atoms with Crippen LogP contribution in [0.2, 0.25) is 0 Å². The molecule has 0 N–H and O–H groups in total. The number of hydrogen-bond donors (Lipinski definition) is 0. The average molecular weight is 356 g/mol. The molecule has 0 bridgehead atoms. The van der Waals surface area contributed by atoms with Crippen LogP contribution in [-0.4, -0.2) is 0 Å². The van der Waals surface area contributed by atoms with Crippen molar-refractivity contribution in [1.29, 1.82) is 0 Å². The summed E-state index contributed by atoms with van der Waals surface area (Å²) >= 11 is 0. The third kappa shape index (κ3) is 2.01. The van der Waals surface area contributed by atoms with Crippen LogP contribution in [0, 0.1) is 40.7 Å². The van der Waals surface area contributed by atoms with E-state index in [9.17, 15) is 30.7 Å². The highest BCUT2D eigenvalue weighted by molar-refractivity contribution is 8.35. The van der Waals surface area contributed by atoms with Gasteiger partial charge in [-0.2, -0.15) is 4.39 Å². The summed E-state index contributed by atoms with van der Waals surface area (Å²) in [6, 6.07) is 0. The van der Waals surface area contributed by atoms with Crippen LogP contribution in [0.15, 0.2) is 4.90 Å². The minimum atomic E-state index is -2.39. The van der Waals surface area contributed by atoms with Crippen molar-refractivity contribution in [1.82, 2.24) is 0 Å². The Balaban J connectivity index is 3.17. The first-order valence-electron chi connectivity index (χ1n) is 4.59. The first kappa shape index (κ1) is 15.5. The minimum Gasteiger partial charge on any atom is -0.203 e. The monoisotopic (exact) mass is 355 g/mol. The number of rotatable bonds is 1. The van der Waals surface area contributed by atoms with E-state index in [0.29, 0.717) is 0 Å². The van der Waals surface area contributed by atoms with Crippen LogP contribution in [0.5, 0.6) is 0 Å². The number of hydrogen-bond acceptors (Lipinski definition) is 0. The van der Waals surface area contributed by atoms with Gasteiger partial charge in [0.15, 0.2) is 34.9 Å². The zero-order chi connectivity index (χ0) is 15.4. The predicted octanol–water partition coefficient (Wildman–Crippen LogP) is 5.10. The molecule has 0 radical (unpaired) electrons. The lowest BCUT2D eigenvalue weighted by Gasteiger charge is -2.08. The molecule has 0 spiro atoms. The lowest BCUT2D eigenvalue weighted by atomic mass is 10.1. The third-order valence-corrected chi connectivity index (χ3v) is 4.04. The van der Waals surface area contributed by atoms with E-state index < -0.39 is 65.7 Å². The van der Waals surface area contributed by atoms with Crippen LogP contribution in [0.25, 0.3) is 10.8 Å². The molecule has 0 saturated carbocycles. The van der Waals surface area contributed by atoms with Crippen molar-refractivity contribution in [2.45, 2.75) is 4.90 Å². The molecule has 108 valence electrons.